The van der Waals surface area contributed by atoms with Crippen molar-refractivity contribution in [2.24, 2.45) is 0 Å². The van der Waals surface area contributed by atoms with Crippen molar-refractivity contribution in [3.05, 3.63) is 64.7 Å². The summed E-state index contributed by atoms with van der Waals surface area (Å²) in [6.07, 6.45) is 1.40. The summed E-state index contributed by atoms with van der Waals surface area (Å²) in [6.45, 7) is 6.42. The number of aryl methyl sites for hydroxylation is 2. The third-order valence-electron chi connectivity index (χ3n) is 6.12. The van der Waals surface area contributed by atoms with Gasteiger partial charge in [0, 0.05) is 18.6 Å². The minimum absolute atomic E-state index is 0.226. The SMILES string of the molecule is COc1cc(C)c(C2(O)CC3COCC(C2)N3Cc2ccccc2)c(C)c1. The van der Waals surface area contributed by atoms with Crippen molar-refractivity contribution in [3.8, 4) is 5.75 Å². The van der Waals surface area contributed by atoms with E-state index in [1.807, 2.05) is 12.1 Å². The molecule has 2 unspecified atom stereocenters. The number of morpholine rings is 1. The third-order valence-corrected chi connectivity index (χ3v) is 6.12. The highest BCUT2D eigenvalue weighted by molar-refractivity contribution is 5.45. The standard InChI is InChI=1S/C23H29NO3/c1-16-9-21(26-3)10-17(2)22(16)23(25)11-19-14-27-15-20(12-23)24(19)13-18-7-5-4-6-8-18/h4-10,19-20,25H,11-15H2,1-3H3. The molecule has 2 aliphatic rings. The molecular weight excluding hydrogens is 338 g/mol. The number of aliphatic hydroxyl groups is 1. The maximum atomic E-state index is 11.7. The molecule has 0 saturated carbocycles. The van der Waals surface area contributed by atoms with E-state index in [0.29, 0.717) is 26.1 Å². The molecule has 0 amide bonds. The molecule has 2 aliphatic heterocycles. The third kappa shape index (κ3) is 3.49. The lowest BCUT2D eigenvalue weighted by molar-refractivity contribution is -0.149. The predicted molar refractivity (Wildman–Crippen MR) is 106 cm³/mol. The quantitative estimate of drug-likeness (QED) is 0.897. The van der Waals surface area contributed by atoms with Gasteiger partial charge in [-0.05, 0) is 61.1 Å². The van der Waals surface area contributed by atoms with Gasteiger partial charge in [-0.1, -0.05) is 30.3 Å². The molecule has 2 saturated heterocycles. The van der Waals surface area contributed by atoms with Crippen molar-refractivity contribution in [2.75, 3.05) is 20.3 Å². The molecule has 2 aromatic carbocycles. The Hall–Kier alpha value is -1.88. The van der Waals surface area contributed by atoms with Gasteiger partial charge < -0.3 is 14.6 Å². The summed E-state index contributed by atoms with van der Waals surface area (Å²) in [7, 11) is 1.69. The molecule has 4 heteroatoms. The Morgan fingerprint density at radius 1 is 1.07 bits per heavy atom. The number of nitrogens with zero attached hydrogens (tertiary/aromatic N) is 1. The fourth-order valence-corrected chi connectivity index (χ4v) is 5.08. The highest BCUT2D eigenvalue weighted by Gasteiger charge is 2.47. The van der Waals surface area contributed by atoms with E-state index in [4.69, 9.17) is 9.47 Å². The molecule has 2 fully saturated rings. The Labute approximate surface area is 161 Å². The summed E-state index contributed by atoms with van der Waals surface area (Å²) in [6, 6.07) is 15.1. The topological polar surface area (TPSA) is 41.9 Å². The van der Waals surface area contributed by atoms with Gasteiger partial charge in [0.25, 0.3) is 0 Å². The first-order chi connectivity index (χ1) is 13.0. The van der Waals surface area contributed by atoms with E-state index >= 15 is 0 Å². The molecule has 4 nitrogen and oxygen atoms in total. The van der Waals surface area contributed by atoms with Gasteiger partial charge in [0.2, 0.25) is 0 Å². The fraction of sp³-hybridized carbons (Fsp3) is 0.478. The zero-order chi connectivity index (χ0) is 19.0. The highest BCUT2D eigenvalue weighted by Crippen LogP contribution is 2.44. The lowest BCUT2D eigenvalue weighted by Crippen LogP contribution is -2.60. The van der Waals surface area contributed by atoms with E-state index in [-0.39, 0.29) is 12.1 Å². The summed E-state index contributed by atoms with van der Waals surface area (Å²) >= 11 is 0. The minimum atomic E-state index is -0.813. The molecule has 2 atom stereocenters. The first kappa shape index (κ1) is 18.5. The molecule has 2 heterocycles. The van der Waals surface area contributed by atoms with Gasteiger partial charge in [0.05, 0.1) is 25.9 Å². The van der Waals surface area contributed by atoms with Crippen molar-refractivity contribution in [1.29, 1.82) is 0 Å². The van der Waals surface area contributed by atoms with E-state index in [1.165, 1.54) is 5.56 Å². The molecule has 144 valence electrons. The molecule has 4 rings (SSSR count). The molecule has 2 bridgehead atoms. The van der Waals surface area contributed by atoms with Crippen molar-refractivity contribution in [3.63, 3.8) is 0 Å². The smallest absolute Gasteiger partial charge is 0.119 e. The van der Waals surface area contributed by atoms with Crippen molar-refractivity contribution < 1.29 is 14.6 Å². The van der Waals surface area contributed by atoms with Gasteiger partial charge in [-0.2, -0.15) is 0 Å². The summed E-state index contributed by atoms with van der Waals surface area (Å²) in [4.78, 5) is 2.53. The summed E-state index contributed by atoms with van der Waals surface area (Å²) < 4.78 is 11.3. The van der Waals surface area contributed by atoms with Crippen molar-refractivity contribution in [2.45, 2.75) is 50.9 Å². The van der Waals surface area contributed by atoms with Crippen LogP contribution >= 0.6 is 0 Å². The van der Waals surface area contributed by atoms with Crippen molar-refractivity contribution >= 4 is 0 Å². The number of piperidine rings is 1. The second-order valence-corrected chi connectivity index (χ2v) is 8.08. The van der Waals surface area contributed by atoms with Crippen LogP contribution in [0, 0.1) is 13.8 Å². The van der Waals surface area contributed by atoms with Crippen LogP contribution in [-0.2, 0) is 16.9 Å². The average Bonchev–Trinajstić information content (AvgIpc) is 2.63. The lowest BCUT2D eigenvalue weighted by atomic mass is 9.74. The molecule has 2 aromatic rings. The van der Waals surface area contributed by atoms with Crippen molar-refractivity contribution in [1.82, 2.24) is 4.90 Å². The number of hydrogen-bond acceptors (Lipinski definition) is 4. The molecule has 0 aliphatic carbocycles. The maximum Gasteiger partial charge on any atom is 0.119 e. The Kier molecular flexibility index (Phi) is 4.97. The van der Waals surface area contributed by atoms with E-state index < -0.39 is 5.60 Å². The Balaban J connectivity index is 1.63. The van der Waals surface area contributed by atoms with Crippen LogP contribution < -0.4 is 4.74 Å². The number of benzene rings is 2. The van der Waals surface area contributed by atoms with Gasteiger partial charge in [-0.3, -0.25) is 4.90 Å². The lowest BCUT2D eigenvalue weighted by Gasteiger charge is -2.52. The van der Waals surface area contributed by atoms with Crippen LogP contribution in [-0.4, -0.2) is 42.4 Å². The number of rotatable bonds is 4. The monoisotopic (exact) mass is 367 g/mol. The molecule has 1 N–H and O–H groups in total. The highest BCUT2D eigenvalue weighted by atomic mass is 16.5. The van der Waals surface area contributed by atoms with Gasteiger partial charge in [0.15, 0.2) is 0 Å². The Morgan fingerprint density at radius 3 is 2.22 bits per heavy atom. The summed E-state index contributed by atoms with van der Waals surface area (Å²) in [5, 5.41) is 11.7. The fourth-order valence-electron chi connectivity index (χ4n) is 5.08. The van der Waals surface area contributed by atoms with E-state index in [2.05, 4.69) is 49.1 Å². The van der Waals surface area contributed by atoms with Crippen LogP contribution in [0.1, 0.15) is 35.1 Å². The van der Waals surface area contributed by atoms with Crippen LogP contribution in [0.3, 0.4) is 0 Å². The summed E-state index contributed by atoms with van der Waals surface area (Å²) in [5.74, 6) is 0.849. The van der Waals surface area contributed by atoms with Crippen LogP contribution in [0.15, 0.2) is 42.5 Å². The van der Waals surface area contributed by atoms with E-state index in [9.17, 15) is 5.11 Å². The second kappa shape index (κ2) is 7.27. The number of methoxy groups -OCH3 is 1. The zero-order valence-electron chi connectivity index (χ0n) is 16.4. The number of ether oxygens (including phenoxy) is 2. The molecular formula is C23H29NO3. The summed E-state index contributed by atoms with van der Waals surface area (Å²) in [5.41, 5.74) is 3.78. The van der Waals surface area contributed by atoms with Gasteiger partial charge in [-0.25, -0.2) is 0 Å². The van der Waals surface area contributed by atoms with Gasteiger partial charge in [-0.15, -0.1) is 0 Å². The average molecular weight is 367 g/mol. The van der Waals surface area contributed by atoms with Gasteiger partial charge in [0.1, 0.15) is 5.75 Å². The maximum absolute atomic E-state index is 11.7. The second-order valence-electron chi connectivity index (χ2n) is 8.08. The number of hydrogen-bond donors (Lipinski definition) is 1. The Bertz CT molecular complexity index is 768. The van der Waals surface area contributed by atoms with E-state index in [0.717, 1.165) is 29.0 Å². The predicted octanol–water partition coefficient (Wildman–Crippen LogP) is 3.56. The normalized spacial score (nSPS) is 28.1. The Morgan fingerprint density at radius 2 is 1.67 bits per heavy atom. The molecule has 0 radical (unpaired) electrons. The largest absolute Gasteiger partial charge is 0.497 e. The van der Waals surface area contributed by atoms with Crippen LogP contribution in [0.4, 0.5) is 0 Å². The molecule has 0 aromatic heterocycles. The zero-order valence-corrected chi connectivity index (χ0v) is 16.4. The van der Waals surface area contributed by atoms with Crippen LogP contribution in [0.2, 0.25) is 0 Å². The minimum Gasteiger partial charge on any atom is -0.497 e. The molecule has 27 heavy (non-hydrogen) atoms. The first-order valence-corrected chi connectivity index (χ1v) is 9.75. The number of fused-ring (bicyclic) bond motifs is 2. The van der Waals surface area contributed by atoms with Crippen LogP contribution in [0.5, 0.6) is 5.75 Å². The van der Waals surface area contributed by atoms with Crippen LogP contribution in [0.25, 0.3) is 0 Å². The molecule has 0 spiro atoms. The van der Waals surface area contributed by atoms with Gasteiger partial charge >= 0.3 is 0 Å². The van der Waals surface area contributed by atoms with E-state index in [1.54, 1.807) is 7.11 Å². The first-order valence-electron chi connectivity index (χ1n) is 9.75.